The SMILES string of the molecule is COc1cccc(CNC(=O)N2CCN(c3ccc(C(C)=O)cc3)CC2)c1. The molecule has 2 aromatic rings. The van der Waals surface area contributed by atoms with Gasteiger partial charge in [-0.05, 0) is 48.9 Å². The summed E-state index contributed by atoms with van der Waals surface area (Å²) in [7, 11) is 1.63. The number of ketones is 1. The Labute approximate surface area is 159 Å². The second-order valence-corrected chi connectivity index (χ2v) is 6.59. The normalized spacial score (nSPS) is 14.0. The number of ether oxygens (including phenoxy) is 1. The van der Waals surface area contributed by atoms with Crippen molar-refractivity contribution in [1.82, 2.24) is 10.2 Å². The summed E-state index contributed by atoms with van der Waals surface area (Å²) < 4.78 is 5.20. The van der Waals surface area contributed by atoms with Gasteiger partial charge in [-0.25, -0.2) is 4.79 Å². The van der Waals surface area contributed by atoms with Crippen LogP contribution in [0, 0.1) is 0 Å². The number of benzene rings is 2. The highest BCUT2D eigenvalue weighted by Gasteiger charge is 2.21. The van der Waals surface area contributed by atoms with Gasteiger partial charge in [-0.2, -0.15) is 0 Å². The summed E-state index contributed by atoms with van der Waals surface area (Å²) in [4.78, 5) is 27.9. The molecule has 3 rings (SSSR count). The summed E-state index contributed by atoms with van der Waals surface area (Å²) >= 11 is 0. The van der Waals surface area contributed by atoms with Crippen LogP contribution in [-0.4, -0.2) is 50.0 Å². The van der Waals surface area contributed by atoms with Gasteiger partial charge in [0.1, 0.15) is 5.75 Å². The third-order valence-electron chi connectivity index (χ3n) is 4.78. The maximum absolute atomic E-state index is 12.4. The number of nitrogens with zero attached hydrogens (tertiary/aromatic N) is 2. The number of Topliss-reactive ketones (excluding diaryl/α,β-unsaturated/α-hetero) is 1. The minimum atomic E-state index is -0.0515. The second-order valence-electron chi connectivity index (χ2n) is 6.59. The summed E-state index contributed by atoms with van der Waals surface area (Å²) in [5, 5.41) is 2.97. The number of methoxy groups -OCH3 is 1. The van der Waals surface area contributed by atoms with E-state index in [-0.39, 0.29) is 11.8 Å². The topological polar surface area (TPSA) is 61.9 Å². The molecule has 1 fully saturated rings. The molecule has 0 spiro atoms. The van der Waals surface area contributed by atoms with E-state index in [1.165, 1.54) is 0 Å². The van der Waals surface area contributed by atoms with Crippen molar-refractivity contribution in [2.24, 2.45) is 0 Å². The smallest absolute Gasteiger partial charge is 0.317 e. The van der Waals surface area contributed by atoms with Crippen LogP contribution in [0.15, 0.2) is 48.5 Å². The minimum absolute atomic E-state index is 0.0515. The van der Waals surface area contributed by atoms with Crippen LogP contribution in [-0.2, 0) is 6.54 Å². The molecule has 0 radical (unpaired) electrons. The van der Waals surface area contributed by atoms with Crippen molar-refractivity contribution >= 4 is 17.5 Å². The van der Waals surface area contributed by atoms with Crippen molar-refractivity contribution in [1.29, 1.82) is 0 Å². The van der Waals surface area contributed by atoms with Crippen LogP contribution in [0.4, 0.5) is 10.5 Å². The van der Waals surface area contributed by atoms with E-state index in [0.717, 1.165) is 30.1 Å². The predicted octanol–water partition coefficient (Wildman–Crippen LogP) is 2.93. The number of carbonyl (C=O) groups is 2. The Hall–Kier alpha value is -3.02. The molecular formula is C21H25N3O3. The highest BCUT2D eigenvalue weighted by atomic mass is 16.5. The van der Waals surface area contributed by atoms with Crippen LogP contribution in [0.2, 0.25) is 0 Å². The fourth-order valence-electron chi connectivity index (χ4n) is 3.15. The van der Waals surface area contributed by atoms with Crippen molar-refractivity contribution < 1.29 is 14.3 Å². The van der Waals surface area contributed by atoms with E-state index in [1.807, 2.05) is 53.4 Å². The number of amides is 2. The molecule has 0 atom stereocenters. The van der Waals surface area contributed by atoms with Gasteiger partial charge in [0.05, 0.1) is 7.11 Å². The first-order valence-electron chi connectivity index (χ1n) is 9.08. The molecule has 1 saturated heterocycles. The zero-order valence-electron chi connectivity index (χ0n) is 15.8. The van der Waals surface area contributed by atoms with Crippen molar-refractivity contribution in [2.45, 2.75) is 13.5 Å². The third kappa shape index (κ3) is 4.78. The molecule has 6 nitrogen and oxygen atoms in total. The highest BCUT2D eigenvalue weighted by molar-refractivity contribution is 5.94. The monoisotopic (exact) mass is 367 g/mol. The molecule has 142 valence electrons. The van der Waals surface area contributed by atoms with Crippen LogP contribution < -0.4 is 15.0 Å². The number of anilines is 1. The first-order valence-corrected chi connectivity index (χ1v) is 9.08. The molecule has 0 bridgehead atoms. The largest absolute Gasteiger partial charge is 0.497 e. The molecule has 0 aliphatic carbocycles. The van der Waals surface area contributed by atoms with Gasteiger partial charge in [-0.15, -0.1) is 0 Å². The lowest BCUT2D eigenvalue weighted by Gasteiger charge is -2.36. The van der Waals surface area contributed by atoms with Crippen molar-refractivity contribution in [3.63, 3.8) is 0 Å². The molecule has 1 N–H and O–H groups in total. The number of hydrogen-bond donors (Lipinski definition) is 1. The number of rotatable bonds is 5. The summed E-state index contributed by atoms with van der Waals surface area (Å²) in [6.07, 6.45) is 0. The molecule has 0 saturated carbocycles. The van der Waals surface area contributed by atoms with E-state index in [4.69, 9.17) is 4.74 Å². The summed E-state index contributed by atoms with van der Waals surface area (Å²) in [5.41, 5.74) is 2.80. The van der Waals surface area contributed by atoms with Gasteiger partial charge in [-0.3, -0.25) is 4.79 Å². The lowest BCUT2D eigenvalue weighted by molar-refractivity contribution is 0.101. The molecular weight excluding hydrogens is 342 g/mol. The molecule has 27 heavy (non-hydrogen) atoms. The van der Waals surface area contributed by atoms with Crippen LogP contribution in [0.3, 0.4) is 0 Å². The van der Waals surface area contributed by atoms with Gasteiger partial charge in [-0.1, -0.05) is 12.1 Å². The first-order chi connectivity index (χ1) is 13.1. The molecule has 6 heteroatoms. The standard InChI is InChI=1S/C21H25N3O3/c1-16(25)18-6-8-19(9-7-18)23-10-12-24(13-11-23)21(26)22-15-17-4-3-5-20(14-17)27-2/h3-9,14H,10-13,15H2,1-2H3,(H,22,26). The lowest BCUT2D eigenvalue weighted by Crippen LogP contribution is -2.51. The molecule has 2 amide bonds. The summed E-state index contributed by atoms with van der Waals surface area (Å²) in [6, 6.07) is 15.3. The Kier molecular flexibility index (Phi) is 5.96. The van der Waals surface area contributed by atoms with Gasteiger partial charge in [0.25, 0.3) is 0 Å². The Bertz CT molecular complexity index is 797. The molecule has 1 aliphatic heterocycles. The zero-order chi connectivity index (χ0) is 19.2. The summed E-state index contributed by atoms with van der Waals surface area (Å²) in [6.45, 7) is 4.91. The van der Waals surface area contributed by atoms with Gasteiger partial charge in [0.15, 0.2) is 5.78 Å². The second kappa shape index (κ2) is 8.58. The van der Waals surface area contributed by atoms with Gasteiger partial charge < -0.3 is 19.9 Å². The number of piperazine rings is 1. The molecule has 1 aliphatic rings. The van der Waals surface area contributed by atoms with Crippen LogP contribution in [0.5, 0.6) is 5.75 Å². The van der Waals surface area contributed by atoms with Crippen molar-refractivity contribution in [3.05, 3.63) is 59.7 Å². The van der Waals surface area contributed by atoms with E-state index in [9.17, 15) is 9.59 Å². The zero-order valence-corrected chi connectivity index (χ0v) is 15.8. The fourth-order valence-corrected chi connectivity index (χ4v) is 3.15. The Balaban J connectivity index is 1.49. The van der Waals surface area contributed by atoms with Crippen LogP contribution >= 0.6 is 0 Å². The number of hydrogen-bond acceptors (Lipinski definition) is 4. The molecule has 1 heterocycles. The van der Waals surface area contributed by atoms with E-state index >= 15 is 0 Å². The van der Waals surface area contributed by atoms with Crippen LogP contribution in [0.25, 0.3) is 0 Å². The van der Waals surface area contributed by atoms with E-state index < -0.39 is 0 Å². The predicted molar refractivity (Wildman–Crippen MR) is 105 cm³/mol. The molecule has 0 unspecified atom stereocenters. The quantitative estimate of drug-likeness (QED) is 0.826. The Morgan fingerprint density at radius 2 is 1.74 bits per heavy atom. The number of nitrogens with one attached hydrogen (secondary N) is 1. The Morgan fingerprint density at radius 3 is 2.37 bits per heavy atom. The van der Waals surface area contributed by atoms with Crippen LogP contribution in [0.1, 0.15) is 22.8 Å². The van der Waals surface area contributed by atoms with E-state index in [2.05, 4.69) is 10.2 Å². The Morgan fingerprint density at radius 1 is 1.04 bits per heavy atom. The van der Waals surface area contributed by atoms with Crippen molar-refractivity contribution in [2.75, 3.05) is 38.2 Å². The molecule has 2 aromatic carbocycles. The first kappa shape index (κ1) is 18.8. The number of urea groups is 1. The van der Waals surface area contributed by atoms with Gasteiger partial charge >= 0.3 is 6.03 Å². The minimum Gasteiger partial charge on any atom is -0.497 e. The maximum Gasteiger partial charge on any atom is 0.317 e. The van der Waals surface area contributed by atoms with Crippen molar-refractivity contribution in [3.8, 4) is 5.75 Å². The fraction of sp³-hybridized carbons (Fsp3) is 0.333. The lowest BCUT2D eigenvalue weighted by atomic mass is 10.1. The van der Waals surface area contributed by atoms with E-state index in [0.29, 0.717) is 25.2 Å². The van der Waals surface area contributed by atoms with Gasteiger partial charge in [0.2, 0.25) is 0 Å². The molecule has 0 aromatic heterocycles. The van der Waals surface area contributed by atoms with E-state index in [1.54, 1.807) is 14.0 Å². The highest BCUT2D eigenvalue weighted by Crippen LogP contribution is 2.18. The van der Waals surface area contributed by atoms with Gasteiger partial charge in [0, 0.05) is 44.0 Å². The average Bonchev–Trinajstić information content (AvgIpc) is 2.72. The average molecular weight is 367 g/mol. The summed E-state index contributed by atoms with van der Waals surface area (Å²) in [5.74, 6) is 0.852. The third-order valence-corrected chi connectivity index (χ3v) is 4.78. The maximum atomic E-state index is 12.4. The number of carbonyl (C=O) groups excluding carboxylic acids is 2.